The van der Waals surface area contributed by atoms with Crippen molar-refractivity contribution < 1.29 is 4.79 Å². The van der Waals surface area contributed by atoms with Gasteiger partial charge in [-0.15, -0.1) is 0 Å². The van der Waals surface area contributed by atoms with E-state index in [0.717, 1.165) is 54.5 Å². The molecule has 20 heavy (non-hydrogen) atoms. The lowest BCUT2D eigenvalue weighted by Gasteiger charge is -2.21. The van der Waals surface area contributed by atoms with Crippen LogP contribution in [0, 0.1) is 0 Å². The Bertz CT molecular complexity index is 436. The second-order valence-electron chi connectivity index (χ2n) is 5.07. The molecule has 0 unspecified atom stereocenters. The van der Waals surface area contributed by atoms with Crippen molar-refractivity contribution in [1.82, 2.24) is 9.80 Å². The molecule has 0 saturated carbocycles. The van der Waals surface area contributed by atoms with Crippen LogP contribution in [-0.4, -0.2) is 53.8 Å². The summed E-state index contributed by atoms with van der Waals surface area (Å²) in [4.78, 5) is 16.8. The van der Waals surface area contributed by atoms with E-state index in [1.807, 2.05) is 29.2 Å². The van der Waals surface area contributed by atoms with Crippen molar-refractivity contribution in [2.24, 2.45) is 0 Å². The van der Waals surface area contributed by atoms with E-state index in [0.29, 0.717) is 6.42 Å². The average molecular weight is 404 g/mol. The van der Waals surface area contributed by atoms with Gasteiger partial charge in [-0.25, -0.2) is 0 Å². The van der Waals surface area contributed by atoms with Crippen molar-refractivity contribution >= 4 is 37.8 Å². The Labute approximate surface area is 137 Å². The van der Waals surface area contributed by atoms with Gasteiger partial charge in [-0.3, -0.25) is 4.79 Å². The highest BCUT2D eigenvalue weighted by Crippen LogP contribution is 2.12. The molecule has 5 heteroatoms. The molecule has 0 atom stereocenters. The second kappa shape index (κ2) is 8.15. The van der Waals surface area contributed by atoms with E-state index < -0.39 is 0 Å². The highest BCUT2D eigenvalue weighted by atomic mass is 79.9. The van der Waals surface area contributed by atoms with Crippen LogP contribution in [-0.2, 0) is 11.2 Å². The summed E-state index contributed by atoms with van der Waals surface area (Å²) in [6, 6.07) is 8.00. The van der Waals surface area contributed by atoms with Gasteiger partial charge in [0.25, 0.3) is 0 Å². The number of rotatable bonds is 4. The van der Waals surface area contributed by atoms with Crippen LogP contribution in [0.5, 0.6) is 0 Å². The molecule has 0 N–H and O–H groups in total. The highest BCUT2D eigenvalue weighted by Gasteiger charge is 2.18. The van der Waals surface area contributed by atoms with Gasteiger partial charge in [-0.1, -0.05) is 44.0 Å². The summed E-state index contributed by atoms with van der Waals surface area (Å²) in [6.45, 7) is 4.87. The maximum absolute atomic E-state index is 12.4. The van der Waals surface area contributed by atoms with E-state index in [9.17, 15) is 4.79 Å². The largest absolute Gasteiger partial charge is 0.341 e. The van der Waals surface area contributed by atoms with E-state index in [1.54, 1.807) is 0 Å². The van der Waals surface area contributed by atoms with Gasteiger partial charge in [0.2, 0.25) is 5.91 Å². The van der Waals surface area contributed by atoms with Crippen LogP contribution in [0.25, 0.3) is 0 Å². The predicted molar refractivity (Wildman–Crippen MR) is 89.3 cm³/mol. The van der Waals surface area contributed by atoms with Gasteiger partial charge in [-0.05, 0) is 30.7 Å². The summed E-state index contributed by atoms with van der Waals surface area (Å²) in [5.74, 6) is 0.244. The molecule has 1 fully saturated rings. The normalized spacial score (nSPS) is 17.0. The monoisotopic (exact) mass is 402 g/mol. The van der Waals surface area contributed by atoms with Gasteiger partial charge < -0.3 is 9.80 Å². The molecule has 0 spiro atoms. The molecule has 2 rings (SSSR count). The Kier molecular flexibility index (Phi) is 6.52. The fourth-order valence-corrected chi connectivity index (χ4v) is 3.22. The van der Waals surface area contributed by atoms with Crippen molar-refractivity contribution in [3.05, 3.63) is 34.3 Å². The Hall–Kier alpha value is -0.390. The third-order valence-electron chi connectivity index (χ3n) is 3.61. The summed E-state index contributed by atoms with van der Waals surface area (Å²) >= 11 is 6.89. The molecule has 1 heterocycles. The Morgan fingerprint density at radius 1 is 1.10 bits per heavy atom. The summed E-state index contributed by atoms with van der Waals surface area (Å²) in [5, 5.41) is 1.000. The number of amides is 1. The first-order chi connectivity index (χ1) is 9.69. The second-order valence-corrected chi connectivity index (χ2v) is 6.78. The van der Waals surface area contributed by atoms with Crippen LogP contribution in [0.1, 0.15) is 12.0 Å². The molecule has 0 bridgehead atoms. The van der Waals surface area contributed by atoms with E-state index in [4.69, 9.17) is 0 Å². The summed E-state index contributed by atoms with van der Waals surface area (Å²) < 4.78 is 1.05. The Morgan fingerprint density at radius 3 is 2.55 bits per heavy atom. The summed E-state index contributed by atoms with van der Waals surface area (Å²) in [7, 11) is 0. The first kappa shape index (κ1) is 16.0. The van der Waals surface area contributed by atoms with Crippen LogP contribution >= 0.6 is 31.9 Å². The molecule has 0 aromatic heterocycles. The molecular weight excluding hydrogens is 384 g/mol. The molecule has 1 aliphatic heterocycles. The maximum Gasteiger partial charge on any atom is 0.227 e. The number of nitrogens with zero attached hydrogens (tertiary/aromatic N) is 2. The Morgan fingerprint density at radius 2 is 1.85 bits per heavy atom. The van der Waals surface area contributed by atoms with E-state index in [1.165, 1.54) is 0 Å². The number of carbonyl (C=O) groups is 1. The molecule has 1 aromatic rings. The zero-order chi connectivity index (χ0) is 14.4. The summed E-state index contributed by atoms with van der Waals surface area (Å²) in [5.41, 5.74) is 1.08. The molecule has 1 amide bonds. The van der Waals surface area contributed by atoms with Gasteiger partial charge in [0, 0.05) is 36.0 Å². The highest BCUT2D eigenvalue weighted by molar-refractivity contribution is 9.10. The summed E-state index contributed by atoms with van der Waals surface area (Å²) in [6.07, 6.45) is 1.57. The minimum Gasteiger partial charge on any atom is -0.341 e. The number of benzene rings is 1. The lowest BCUT2D eigenvalue weighted by atomic mass is 10.1. The molecule has 1 aromatic carbocycles. The van der Waals surface area contributed by atoms with Crippen LogP contribution < -0.4 is 0 Å². The number of halogens is 2. The van der Waals surface area contributed by atoms with Crippen LogP contribution in [0.15, 0.2) is 28.7 Å². The van der Waals surface area contributed by atoms with Crippen LogP contribution in [0.2, 0.25) is 0 Å². The molecule has 0 aliphatic carbocycles. The first-order valence-corrected chi connectivity index (χ1v) is 8.91. The first-order valence-electron chi connectivity index (χ1n) is 6.99. The lowest BCUT2D eigenvalue weighted by Crippen LogP contribution is -2.36. The van der Waals surface area contributed by atoms with E-state index in [-0.39, 0.29) is 5.91 Å². The van der Waals surface area contributed by atoms with Crippen molar-refractivity contribution in [1.29, 1.82) is 0 Å². The van der Waals surface area contributed by atoms with Crippen molar-refractivity contribution in [3.8, 4) is 0 Å². The molecule has 1 saturated heterocycles. The lowest BCUT2D eigenvalue weighted by molar-refractivity contribution is -0.130. The molecule has 110 valence electrons. The Balaban J connectivity index is 1.87. The molecular formula is C15H20Br2N2O. The molecule has 3 nitrogen and oxygen atoms in total. The van der Waals surface area contributed by atoms with Gasteiger partial charge in [0.15, 0.2) is 0 Å². The van der Waals surface area contributed by atoms with Gasteiger partial charge in [0.05, 0.1) is 6.42 Å². The number of hydrogen-bond acceptors (Lipinski definition) is 2. The third kappa shape index (κ3) is 4.86. The fraction of sp³-hybridized carbons (Fsp3) is 0.533. The minimum absolute atomic E-state index is 0.244. The standard InChI is InChI=1S/C15H20Br2N2O/c16-6-9-18-7-1-8-19(11-10-18)15(20)12-13-2-4-14(17)5-3-13/h2-5H,1,6-12H2. The fourth-order valence-electron chi connectivity index (χ4n) is 2.45. The van der Waals surface area contributed by atoms with Crippen LogP contribution in [0.3, 0.4) is 0 Å². The topological polar surface area (TPSA) is 23.6 Å². The number of alkyl halides is 1. The third-order valence-corrected chi connectivity index (χ3v) is 4.49. The minimum atomic E-state index is 0.244. The number of hydrogen-bond donors (Lipinski definition) is 0. The molecule has 1 aliphatic rings. The maximum atomic E-state index is 12.4. The SMILES string of the molecule is O=C(Cc1ccc(Br)cc1)N1CCCN(CCBr)CC1. The van der Waals surface area contributed by atoms with Gasteiger partial charge >= 0.3 is 0 Å². The smallest absolute Gasteiger partial charge is 0.227 e. The average Bonchev–Trinajstić information content (AvgIpc) is 2.67. The van der Waals surface area contributed by atoms with E-state index >= 15 is 0 Å². The van der Waals surface area contributed by atoms with Gasteiger partial charge in [-0.2, -0.15) is 0 Å². The zero-order valence-electron chi connectivity index (χ0n) is 11.5. The van der Waals surface area contributed by atoms with Crippen molar-refractivity contribution in [2.75, 3.05) is 38.1 Å². The predicted octanol–water partition coefficient (Wildman–Crippen LogP) is 2.92. The van der Waals surface area contributed by atoms with Gasteiger partial charge in [0.1, 0.15) is 0 Å². The quantitative estimate of drug-likeness (QED) is 0.721. The van der Waals surface area contributed by atoms with Crippen molar-refractivity contribution in [3.63, 3.8) is 0 Å². The number of carbonyl (C=O) groups excluding carboxylic acids is 1. The zero-order valence-corrected chi connectivity index (χ0v) is 14.7. The molecule has 0 radical (unpaired) electrons. The van der Waals surface area contributed by atoms with Crippen molar-refractivity contribution in [2.45, 2.75) is 12.8 Å². The van der Waals surface area contributed by atoms with E-state index in [2.05, 4.69) is 36.8 Å². The van der Waals surface area contributed by atoms with Crippen LogP contribution in [0.4, 0.5) is 0 Å².